The van der Waals surface area contributed by atoms with Gasteiger partial charge in [-0.2, -0.15) is 0 Å². The molecule has 4 N–H and O–H groups in total. The predicted molar refractivity (Wildman–Crippen MR) is 63.1 cm³/mol. The Morgan fingerprint density at radius 2 is 1.89 bits per heavy atom. The van der Waals surface area contributed by atoms with E-state index in [1.807, 2.05) is 0 Å². The number of carbonyl (C=O) groups excluding carboxylic acids is 1. The fourth-order valence-electron chi connectivity index (χ4n) is 1.12. The molecule has 2 amide bonds. The summed E-state index contributed by atoms with van der Waals surface area (Å²) in [5.74, 6) is 3.10. The zero-order chi connectivity index (χ0) is 14.0. The number of carboxylic acids is 1. The number of rotatable bonds is 6. The molecule has 98 valence electrons. The van der Waals surface area contributed by atoms with Crippen LogP contribution in [0.3, 0.4) is 0 Å². The van der Waals surface area contributed by atoms with Gasteiger partial charge >= 0.3 is 105 Å². The number of nitrogens with one attached hydrogen (secondary N) is 1. The maximum atomic E-state index is 11.0. The van der Waals surface area contributed by atoms with Crippen molar-refractivity contribution in [3.05, 3.63) is 0 Å². The average molecular weight is 291 g/mol. The van der Waals surface area contributed by atoms with E-state index in [-0.39, 0.29) is 13.0 Å². The fourth-order valence-corrected chi connectivity index (χ4v) is 1.75. The summed E-state index contributed by atoms with van der Waals surface area (Å²) in [5, 5.41) is 11.3. The molecule has 0 aliphatic carbocycles. The molecule has 0 aliphatic heterocycles. The molecule has 0 rings (SSSR count). The van der Waals surface area contributed by atoms with E-state index in [0.29, 0.717) is 6.42 Å². The number of aliphatic carboxylic acids is 1. The average Bonchev–Trinajstić information content (AvgIpc) is 2.28. The summed E-state index contributed by atoms with van der Waals surface area (Å²) < 4.78 is 20.7. The first-order chi connectivity index (χ1) is 8.52. The van der Waals surface area contributed by atoms with Gasteiger partial charge in [-0.15, -0.1) is 0 Å². The normalized spacial score (nSPS) is 10.9. The molecular weight excluding hydrogens is 280 g/mol. The van der Waals surface area contributed by atoms with E-state index in [4.69, 9.17) is 10.8 Å². The van der Waals surface area contributed by atoms with Crippen molar-refractivity contribution in [3.8, 4) is 11.5 Å². The first kappa shape index (κ1) is 16.7. The Bertz CT molecular complexity index is 483. The van der Waals surface area contributed by atoms with Crippen molar-refractivity contribution in [1.82, 2.24) is 10.2 Å². The molecular formula is C8H11N3O5P2. The second-order valence-electron chi connectivity index (χ2n) is 3.04. The van der Waals surface area contributed by atoms with Crippen molar-refractivity contribution in [2.45, 2.75) is 18.9 Å². The minimum absolute atomic E-state index is 0.112. The van der Waals surface area contributed by atoms with Crippen LogP contribution in [0.5, 0.6) is 0 Å². The molecule has 0 bridgehead atoms. The van der Waals surface area contributed by atoms with Gasteiger partial charge in [0.25, 0.3) is 0 Å². The number of carboxylic acid groups (broad SMARTS) is 1. The molecule has 0 heterocycles. The van der Waals surface area contributed by atoms with Crippen molar-refractivity contribution >= 4 is 27.8 Å². The van der Waals surface area contributed by atoms with Gasteiger partial charge in [-0.3, -0.25) is 0 Å². The summed E-state index contributed by atoms with van der Waals surface area (Å²) >= 11 is 0. The zero-order valence-electron chi connectivity index (χ0n) is 9.20. The van der Waals surface area contributed by atoms with Crippen LogP contribution in [0.25, 0.3) is 0 Å². The van der Waals surface area contributed by atoms with Crippen LogP contribution in [0.1, 0.15) is 12.8 Å². The molecule has 0 aliphatic rings. The molecule has 0 spiro atoms. The van der Waals surface area contributed by atoms with E-state index >= 15 is 0 Å². The third-order valence-corrected chi connectivity index (χ3v) is 2.44. The Kier molecular flexibility index (Phi) is 9.03. The van der Waals surface area contributed by atoms with E-state index in [9.17, 15) is 18.7 Å². The van der Waals surface area contributed by atoms with E-state index < -0.39 is 33.9 Å². The Balaban J connectivity index is 4.60. The number of urea groups is 1. The standard InChI is InChI=1S/C8H11N3O5P2/c9-8(14)10-3-1-2-6(7(12)13)11(4-17-15)5-18-16/h6H,1-3H2,(H,12,13)(H3,9,10,14)/t6-/m0/s1. The van der Waals surface area contributed by atoms with Crippen LogP contribution in [0.15, 0.2) is 0 Å². The number of nitrogens with two attached hydrogens (primary N) is 1. The first-order valence-electron chi connectivity index (χ1n) is 4.74. The SMILES string of the molecule is NC(=O)NCCC[C@@H](C(=O)O)N(C#P=O)C#P=O. The van der Waals surface area contributed by atoms with E-state index in [2.05, 4.69) is 16.8 Å². The summed E-state index contributed by atoms with van der Waals surface area (Å²) in [7, 11) is -1.09. The molecule has 0 aromatic carbocycles. The van der Waals surface area contributed by atoms with E-state index in [1.165, 1.54) is 0 Å². The second kappa shape index (κ2) is 9.72. The molecule has 0 radical (unpaired) electrons. The molecule has 0 unspecified atom stereocenters. The van der Waals surface area contributed by atoms with Gasteiger partial charge in [-0.05, 0) is 0 Å². The minimum atomic E-state index is -1.21. The molecule has 0 saturated heterocycles. The Labute approximate surface area is 105 Å². The fraction of sp³-hybridized carbons (Fsp3) is 0.500. The number of carbonyl (C=O) groups is 2. The Hall–Kier alpha value is -1.28. The van der Waals surface area contributed by atoms with Crippen LogP contribution >= 0.6 is 15.8 Å². The van der Waals surface area contributed by atoms with Crippen LogP contribution in [0.2, 0.25) is 0 Å². The quantitative estimate of drug-likeness (QED) is 0.373. The summed E-state index contributed by atoms with van der Waals surface area (Å²) in [6.45, 7) is 0.205. The summed E-state index contributed by atoms with van der Waals surface area (Å²) in [6, 6.07) is -1.81. The van der Waals surface area contributed by atoms with Gasteiger partial charge in [0.2, 0.25) is 0 Å². The molecule has 1 atom stereocenters. The maximum absolute atomic E-state index is 11.0. The first-order valence-corrected chi connectivity index (χ1v) is 6.36. The van der Waals surface area contributed by atoms with Crippen molar-refractivity contribution in [2.75, 3.05) is 6.54 Å². The number of primary amides is 1. The number of hydrogen-bond acceptors (Lipinski definition) is 5. The van der Waals surface area contributed by atoms with E-state index in [1.54, 1.807) is 0 Å². The van der Waals surface area contributed by atoms with Gasteiger partial charge in [0, 0.05) is 0 Å². The van der Waals surface area contributed by atoms with Gasteiger partial charge in [-0.1, -0.05) is 0 Å². The molecule has 10 heteroatoms. The van der Waals surface area contributed by atoms with Crippen molar-refractivity contribution in [2.24, 2.45) is 5.73 Å². The predicted octanol–water partition coefficient (Wildman–Crippen LogP) is 0.607. The second-order valence-corrected chi connectivity index (χ2v) is 3.81. The zero-order valence-corrected chi connectivity index (χ0v) is 11.0. The Morgan fingerprint density at radius 3 is 2.28 bits per heavy atom. The summed E-state index contributed by atoms with van der Waals surface area (Å²) in [6.07, 6.45) is 0.436. The topological polar surface area (TPSA) is 130 Å². The number of amides is 2. The summed E-state index contributed by atoms with van der Waals surface area (Å²) in [5.41, 5.74) is 4.84. The van der Waals surface area contributed by atoms with Gasteiger partial charge in [0.15, 0.2) is 0 Å². The van der Waals surface area contributed by atoms with Gasteiger partial charge < -0.3 is 0 Å². The van der Waals surface area contributed by atoms with Crippen LogP contribution in [-0.2, 0) is 13.9 Å². The monoisotopic (exact) mass is 291 g/mol. The number of nitrogens with zero attached hydrogens (tertiary/aromatic N) is 1. The third-order valence-electron chi connectivity index (χ3n) is 1.85. The van der Waals surface area contributed by atoms with Crippen LogP contribution in [0.4, 0.5) is 4.79 Å². The molecule has 0 fully saturated rings. The van der Waals surface area contributed by atoms with Crippen molar-refractivity contribution in [3.63, 3.8) is 0 Å². The van der Waals surface area contributed by atoms with Gasteiger partial charge in [0.1, 0.15) is 0 Å². The molecule has 0 aromatic rings. The Morgan fingerprint density at radius 1 is 1.33 bits per heavy atom. The third kappa shape index (κ3) is 7.13. The molecule has 0 saturated carbocycles. The van der Waals surface area contributed by atoms with Crippen LogP contribution in [-0.4, -0.2) is 34.6 Å². The van der Waals surface area contributed by atoms with Crippen molar-refractivity contribution < 1.29 is 23.8 Å². The van der Waals surface area contributed by atoms with Crippen LogP contribution < -0.4 is 11.1 Å². The summed E-state index contributed by atoms with van der Waals surface area (Å²) in [4.78, 5) is 22.2. The van der Waals surface area contributed by atoms with E-state index in [0.717, 1.165) is 4.90 Å². The molecule has 0 aromatic heterocycles. The van der Waals surface area contributed by atoms with Gasteiger partial charge in [-0.25, -0.2) is 0 Å². The number of hydrogen-bond donors (Lipinski definition) is 3. The molecule has 8 nitrogen and oxygen atoms in total. The van der Waals surface area contributed by atoms with Gasteiger partial charge in [0.05, 0.1) is 0 Å². The molecule has 18 heavy (non-hydrogen) atoms. The van der Waals surface area contributed by atoms with Crippen molar-refractivity contribution in [1.29, 1.82) is 0 Å². The van der Waals surface area contributed by atoms with Crippen LogP contribution in [0, 0.1) is 11.5 Å².